The summed E-state index contributed by atoms with van der Waals surface area (Å²) >= 11 is 0. The predicted octanol–water partition coefficient (Wildman–Crippen LogP) is 4.78. The highest BCUT2D eigenvalue weighted by Crippen LogP contribution is 2.62. The maximum Gasteiger partial charge on any atom is 0.460 e. The lowest BCUT2D eigenvalue weighted by Gasteiger charge is -2.61. The zero-order valence-electron chi connectivity index (χ0n) is 16.1. The van der Waals surface area contributed by atoms with Gasteiger partial charge in [-0.1, -0.05) is 0 Å². The lowest BCUT2D eigenvalue weighted by molar-refractivity contribution is -0.456. The summed E-state index contributed by atoms with van der Waals surface area (Å²) in [6.45, 7) is -0.113. The van der Waals surface area contributed by atoms with E-state index in [0.717, 1.165) is 6.42 Å². The molecule has 0 amide bonds. The summed E-state index contributed by atoms with van der Waals surface area (Å²) in [6, 6.07) is 0. The summed E-state index contributed by atoms with van der Waals surface area (Å²) in [5.41, 5.74) is 0. The molecule has 0 radical (unpaired) electrons. The molecule has 5 saturated carbocycles. The number of alkyl halides is 8. The van der Waals surface area contributed by atoms with Crippen molar-refractivity contribution in [3.05, 3.63) is 0 Å². The standard InChI is InChI=1S/C17H22F8O5S/c18-14(19,15(20,21)30-16(22,23)17(24,25)31(26,27)28)2-1-3-29-8-12-6-9-4-10-7-11(5-9)13(10)12/h9-13H,1-8H2,(H,26,27,28). The van der Waals surface area contributed by atoms with Gasteiger partial charge < -0.3 is 4.74 Å². The molecule has 5 aliphatic rings. The van der Waals surface area contributed by atoms with Gasteiger partial charge in [-0.25, -0.2) is 4.74 Å². The molecule has 0 aromatic carbocycles. The van der Waals surface area contributed by atoms with E-state index in [-0.39, 0.29) is 19.1 Å². The second kappa shape index (κ2) is 7.94. The first-order valence-corrected chi connectivity index (χ1v) is 11.2. The molecule has 14 heteroatoms. The third-order valence-electron chi connectivity index (χ3n) is 6.60. The van der Waals surface area contributed by atoms with Crippen LogP contribution in [0.2, 0.25) is 0 Å². The summed E-state index contributed by atoms with van der Waals surface area (Å²) in [6.07, 6.45) is -10.7. The Morgan fingerprint density at radius 3 is 1.97 bits per heavy atom. The Hall–Kier alpha value is -0.730. The average Bonchev–Trinajstić information content (AvgIpc) is 2.58. The first-order valence-electron chi connectivity index (χ1n) is 9.75. The molecule has 3 unspecified atom stereocenters. The minimum Gasteiger partial charge on any atom is -0.381 e. The second-order valence-corrected chi connectivity index (χ2v) is 10.1. The smallest absolute Gasteiger partial charge is 0.381 e. The minimum absolute atomic E-state index is 0.267. The second-order valence-electron chi connectivity index (χ2n) is 8.68. The van der Waals surface area contributed by atoms with Gasteiger partial charge in [-0.2, -0.15) is 43.5 Å². The van der Waals surface area contributed by atoms with E-state index >= 15 is 0 Å². The molecule has 0 spiro atoms. The van der Waals surface area contributed by atoms with Gasteiger partial charge in [0.15, 0.2) is 0 Å². The Kier molecular flexibility index (Phi) is 6.38. The van der Waals surface area contributed by atoms with E-state index in [4.69, 9.17) is 9.29 Å². The molecule has 182 valence electrons. The van der Waals surface area contributed by atoms with E-state index in [1.165, 1.54) is 19.3 Å². The summed E-state index contributed by atoms with van der Waals surface area (Å²) in [5, 5.41) is -6.57. The van der Waals surface area contributed by atoms with Crippen LogP contribution in [0.5, 0.6) is 0 Å². The molecular formula is C17H22F8O5S. The third kappa shape index (κ3) is 4.54. The van der Waals surface area contributed by atoms with Gasteiger partial charge in [0.2, 0.25) is 0 Å². The Morgan fingerprint density at radius 2 is 1.45 bits per heavy atom. The number of hydrogen-bond acceptors (Lipinski definition) is 4. The number of ether oxygens (including phenoxy) is 2. The van der Waals surface area contributed by atoms with E-state index in [1.807, 2.05) is 0 Å². The highest BCUT2D eigenvalue weighted by atomic mass is 32.2. The first kappa shape index (κ1) is 24.9. The maximum atomic E-state index is 13.7. The van der Waals surface area contributed by atoms with Gasteiger partial charge in [-0.15, -0.1) is 0 Å². The van der Waals surface area contributed by atoms with E-state index in [0.29, 0.717) is 23.7 Å². The zero-order chi connectivity index (χ0) is 23.5. The van der Waals surface area contributed by atoms with Crippen molar-refractivity contribution >= 4 is 10.1 Å². The fourth-order valence-corrected chi connectivity index (χ4v) is 5.64. The van der Waals surface area contributed by atoms with Crippen LogP contribution in [-0.4, -0.2) is 49.6 Å². The van der Waals surface area contributed by atoms with Crippen molar-refractivity contribution in [2.75, 3.05) is 13.2 Å². The molecular weight excluding hydrogens is 468 g/mol. The van der Waals surface area contributed by atoms with Gasteiger partial charge >= 0.3 is 33.5 Å². The van der Waals surface area contributed by atoms with Gasteiger partial charge in [0.1, 0.15) is 0 Å². The lowest BCUT2D eigenvalue weighted by atomic mass is 9.45. The summed E-state index contributed by atoms with van der Waals surface area (Å²) in [5.74, 6) is -2.63. The number of rotatable bonds is 11. The Labute approximate surface area is 173 Å². The van der Waals surface area contributed by atoms with Crippen molar-refractivity contribution in [3.63, 3.8) is 0 Å². The van der Waals surface area contributed by atoms with Crippen LogP contribution in [0.3, 0.4) is 0 Å². The number of fused-ring (bicyclic) bond motifs is 1. The molecule has 0 heterocycles. The van der Waals surface area contributed by atoms with Crippen molar-refractivity contribution in [1.82, 2.24) is 0 Å². The largest absolute Gasteiger partial charge is 0.460 e. The Morgan fingerprint density at radius 1 is 0.871 bits per heavy atom. The molecule has 4 bridgehead atoms. The van der Waals surface area contributed by atoms with Crippen LogP contribution in [-0.2, 0) is 19.6 Å². The highest BCUT2D eigenvalue weighted by molar-refractivity contribution is 7.86. The highest BCUT2D eigenvalue weighted by Gasteiger charge is 2.73. The third-order valence-corrected chi connectivity index (χ3v) is 7.49. The predicted molar refractivity (Wildman–Crippen MR) is 88.4 cm³/mol. The molecule has 0 aromatic rings. The monoisotopic (exact) mass is 490 g/mol. The number of halogens is 8. The van der Waals surface area contributed by atoms with Crippen molar-refractivity contribution in [3.8, 4) is 0 Å². The molecule has 5 rings (SSSR count). The van der Waals surface area contributed by atoms with Gasteiger partial charge in [0, 0.05) is 19.6 Å². The maximum absolute atomic E-state index is 13.7. The molecule has 3 atom stereocenters. The summed E-state index contributed by atoms with van der Waals surface area (Å²) in [4.78, 5) is 0. The van der Waals surface area contributed by atoms with Gasteiger partial charge in [-0.05, 0) is 61.7 Å². The molecule has 0 aromatic heterocycles. The van der Waals surface area contributed by atoms with Crippen LogP contribution in [0.25, 0.3) is 0 Å². The molecule has 5 aliphatic carbocycles. The topological polar surface area (TPSA) is 72.8 Å². The van der Waals surface area contributed by atoms with E-state index < -0.39 is 46.4 Å². The van der Waals surface area contributed by atoms with Gasteiger partial charge in [0.05, 0.1) is 0 Å². The van der Waals surface area contributed by atoms with E-state index in [9.17, 15) is 43.5 Å². The van der Waals surface area contributed by atoms with Crippen LogP contribution < -0.4 is 0 Å². The Bertz CT molecular complexity index is 762. The minimum atomic E-state index is -6.92. The van der Waals surface area contributed by atoms with Crippen LogP contribution in [0, 0.1) is 29.6 Å². The van der Waals surface area contributed by atoms with Crippen LogP contribution in [0.15, 0.2) is 0 Å². The van der Waals surface area contributed by atoms with Crippen LogP contribution in [0.1, 0.15) is 38.5 Å². The van der Waals surface area contributed by atoms with Crippen molar-refractivity contribution in [2.45, 2.75) is 61.9 Å². The van der Waals surface area contributed by atoms with Gasteiger partial charge in [0.25, 0.3) is 0 Å². The first-order chi connectivity index (χ1) is 14.0. The average molecular weight is 490 g/mol. The fraction of sp³-hybridized carbons (Fsp3) is 1.00. The van der Waals surface area contributed by atoms with E-state index in [2.05, 4.69) is 4.74 Å². The Balaban J connectivity index is 1.47. The van der Waals surface area contributed by atoms with Crippen molar-refractivity contribution in [2.24, 2.45) is 29.6 Å². The van der Waals surface area contributed by atoms with Gasteiger partial charge in [-0.3, -0.25) is 4.55 Å². The number of hydrogen-bond donors (Lipinski definition) is 1. The lowest BCUT2D eigenvalue weighted by Crippen LogP contribution is -2.55. The normalized spacial score (nSPS) is 31.6. The summed E-state index contributed by atoms with van der Waals surface area (Å²) in [7, 11) is -6.92. The van der Waals surface area contributed by atoms with Crippen molar-refractivity contribution in [1.29, 1.82) is 0 Å². The summed E-state index contributed by atoms with van der Waals surface area (Å²) < 4.78 is 143. The molecule has 5 nitrogen and oxygen atoms in total. The molecule has 1 N–H and O–H groups in total. The van der Waals surface area contributed by atoms with E-state index in [1.54, 1.807) is 0 Å². The quantitative estimate of drug-likeness (QED) is 0.256. The molecule has 0 aliphatic heterocycles. The van der Waals surface area contributed by atoms with Crippen LogP contribution in [0.4, 0.5) is 35.1 Å². The fourth-order valence-electron chi connectivity index (χ4n) is 5.30. The zero-order valence-corrected chi connectivity index (χ0v) is 16.9. The SMILES string of the molecule is O=S(=O)(O)C(F)(F)C(F)(F)OC(F)(F)C(F)(F)CCCOCC1CC2CC3CC(C2)C13. The molecule has 5 fully saturated rings. The molecule has 0 saturated heterocycles. The van der Waals surface area contributed by atoms with Crippen molar-refractivity contribution < 1.29 is 57.6 Å². The van der Waals surface area contributed by atoms with Crippen LogP contribution >= 0.6 is 0 Å². The molecule has 31 heavy (non-hydrogen) atoms.